The molecule has 0 saturated carbocycles. The Morgan fingerprint density at radius 1 is 1.44 bits per heavy atom. The SMILES string of the molecule is COc1ccc([C@@H](C)O)c(OC2CCCOC2)c1. The highest BCUT2D eigenvalue weighted by Gasteiger charge is 2.18. The molecule has 0 amide bonds. The number of aliphatic hydroxyl groups is 1. The third-order valence-electron chi connectivity index (χ3n) is 3.08. The van der Waals surface area contributed by atoms with Crippen LogP contribution >= 0.6 is 0 Å². The van der Waals surface area contributed by atoms with Gasteiger partial charge in [-0.2, -0.15) is 0 Å². The summed E-state index contributed by atoms with van der Waals surface area (Å²) in [6.45, 7) is 3.14. The second-order valence-corrected chi connectivity index (χ2v) is 4.54. The molecule has 0 spiro atoms. The fraction of sp³-hybridized carbons (Fsp3) is 0.571. The van der Waals surface area contributed by atoms with Crippen molar-refractivity contribution >= 4 is 0 Å². The summed E-state index contributed by atoms with van der Waals surface area (Å²) in [6.07, 6.45) is 1.49. The maximum atomic E-state index is 9.75. The highest BCUT2D eigenvalue weighted by atomic mass is 16.5. The average molecular weight is 252 g/mol. The molecular formula is C14H20O4. The van der Waals surface area contributed by atoms with Gasteiger partial charge in [0.1, 0.15) is 17.6 Å². The summed E-state index contributed by atoms with van der Waals surface area (Å²) in [5.41, 5.74) is 0.779. The first-order valence-corrected chi connectivity index (χ1v) is 6.31. The lowest BCUT2D eigenvalue weighted by Gasteiger charge is -2.25. The maximum absolute atomic E-state index is 9.75. The standard InChI is InChI=1S/C14H20O4/c1-10(15)13-6-5-11(16-2)8-14(13)18-12-4-3-7-17-9-12/h5-6,8,10,12,15H,3-4,7,9H2,1-2H3/t10-,12?/m1/s1. The largest absolute Gasteiger partial charge is 0.497 e. The van der Waals surface area contributed by atoms with Crippen LogP contribution in [0.1, 0.15) is 31.4 Å². The minimum Gasteiger partial charge on any atom is -0.497 e. The van der Waals surface area contributed by atoms with Gasteiger partial charge in [-0.15, -0.1) is 0 Å². The Labute approximate surface area is 107 Å². The normalized spacial score (nSPS) is 21.4. The summed E-state index contributed by atoms with van der Waals surface area (Å²) < 4.78 is 16.5. The van der Waals surface area contributed by atoms with E-state index in [1.807, 2.05) is 18.2 Å². The van der Waals surface area contributed by atoms with Crippen LogP contribution in [0.4, 0.5) is 0 Å². The van der Waals surface area contributed by atoms with Gasteiger partial charge in [-0.25, -0.2) is 0 Å². The third-order valence-corrected chi connectivity index (χ3v) is 3.08. The molecule has 1 heterocycles. The van der Waals surface area contributed by atoms with Gasteiger partial charge in [0.05, 0.1) is 19.8 Å². The van der Waals surface area contributed by atoms with Gasteiger partial charge in [0.15, 0.2) is 0 Å². The van der Waals surface area contributed by atoms with Gasteiger partial charge in [0, 0.05) is 18.2 Å². The van der Waals surface area contributed by atoms with Crippen molar-refractivity contribution in [2.24, 2.45) is 0 Å². The van der Waals surface area contributed by atoms with Crippen molar-refractivity contribution in [3.05, 3.63) is 23.8 Å². The molecular weight excluding hydrogens is 232 g/mol. The molecule has 1 aromatic carbocycles. The molecule has 1 unspecified atom stereocenters. The van der Waals surface area contributed by atoms with Crippen LogP contribution < -0.4 is 9.47 Å². The fourth-order valence-corrected chi connectivity index (χ4v) is 2.07. The van der Waals surface area contributed by atoms with Crippen LogP contribution in [0.25, 0.3) is 0 Å². The van der Waals surface area contributed by atoms with Crippen LogP contribution in [0.5, 0.6) is 11.5 Å². The first-order chi connectivity index (χ1) is 8.70. The number of ether oxygens (including phenoxy) is 3. The molecule has 2 rings (SSSR count). The van der Waals surface area contributed by atoms with Crippen molar-refractivity contribution in [1.82, 2.24) is 0 Å². The molecule has 1 N–H and O–H groups in total. The smallest absolute Gasteiger partial charge is 0.129 e. The number of rotatable bonds is 4. The van der Waals surface area contributed by atoms with Crippen molar-refractivity contribution in [1.29, 1.82) is 0 Å². The average Bonchev–Trinajstić information content (AvgIpc) is 2.39. The quantitative estimate of drug-likeness (QED) is 0.893. The van der Waals surface area contributed by atoms with E-state index in [2.05, 4.69) is 0 Å². The molecule has 18 heavy (non-hydrogen) atoms. The number of benzene rings is 1. The number of hydrogen-bond donors (Lipinski definition) is 1. The first-order valence-electron chi connectivity index (χ1n) is 6.31. The minimum atomic E-state index is -0.560. The third kappa shape index (κ3) is 3.15. The van der Waals surface area contributed by atoms with Crippen LogP contribution in [0, 0.1) is 0 Å². The van der Waals surface area contributed by atoms with E-state index in [4.69, 9.17) is 14.2 Å². The second kappa shape index (κ2) is 6.07. The molecule has 4 heteroatoms. The second-order valence-electron chi connectivity index (χ2n) is 4.54. The van der Waals surface area contributed by atoms with Gasteiger partial charge < -0.3 is 19.3 Å². The van der Waals surface area contributed by atoms with E-state index >= 15 is 0 Å². The van der Waals surface area contributed by atoms with E-state index in [0.29, 0.717) is 12.4 Å². The molecule has 1 fully saturated rings. The molecule has 0 aromatic heterocycles. The molecule has 0 radical (unpaired) electrons. The van der Waals surface area contributed by atoms with Crippen LogP contribution in [-0.2, 0) is 4.74 Å². The Morgan fingerprint density at radius 2 is 2.28 bits per heavy atom. The summed E-state index contributed by atoms with van der Waals surface area (Å²) in [7, 11) is 1.62. The predicted octanol–water partition coefficient (Wildman–Crippen LogP) is 2.31. The van der Waals surface area contributed by atoms with Crippen molar-refractivity contribution in [2.75, 3.05) is 20.3 Å². The molecule has 1 aromatic rings. The highest BCUT2D eigenvalue weighted by Crippen LogP contribution is 2.31. The summed E-state index contributed by atoms with van der Waals surface area (Å²) in [4.78, 5) is 0. The van der Waals surface area contributed by atoms with E-state index in [0.717, 1.165) is 30.8 Å². The van der Waals surface area contributed by atoms with Crippen LogP contribution in [-0.4, -0.2) is 31.5 Å². The van der Waals surface area contributed by atoms with Crippen molar-refractivity contribution < 1.29 is 19.3 Å². The van der Waals surface area contributed by atoms with Crippen molar-refractivity contribution in [3.63, 3.8) is 0 Å². The Kier molecular flexibility index (Phi) is 4.44. The number of aliphatic hydroxyl groups excluding tert-OH is 1. The van der Waals surface area contributed by atoms with E-state index in [1.54, 1.807) is 14.0 Å². The zero-order valence-electron chi connectivity index (χ0n) is 10.9. The zero-order valence-corrected chi connectivity index (χ0v) is 10.9. The zero-order chi connectivity index (χ0) is 13.0. The maximum Gasteiger partial charge on any atom is 0.129 e. The van der Waals surface area contributed by atoms with Gasteiger partial charge in [0.2, 0.25) is 0 Å². The van der Waals surface area contributed by atoms with Gasteiger partial charge in [-0.3, -0.25) is 0 Å². The van der Waals surface area contributed by atoms with E-state index < -0.39 is 6.10 Å². The lowest BCUT2D eigenvalue weighted by molar-refractivity contribution is 0.00605. The number of hydrogen-bond acceptors (Lipinski definition) is 4. The molecule has 1 saturated heterocycles. The molecule has 0 bridgehead atoms. The predicted molar refractivity (Wildman–Crippen MR) is 68.1 cm³/mol. The Morgan fingerprint density at radius 3 is 2.89 bits per heavy atom. The Balaban J connectivity index is 2.17. The van der Waals surface area contributed by atoms with Gasteiger partial charge in [-0.05, 0) is 31.9 Å². The summed E-state index contributed by atoms with van der Waals surface area (Å²) in [5.74, 6) is 1.41. The van der Waals surface area contributed by atoms with Gasteiger partial charge >= 0.3 is 0 Å². The Hall–Kier alpha value is -1.26. The first kappa shape index (κ1) is 13.2. The minimum absolute atomic E-state index is 0.0587. The van der Waals surface area contributed by atoms with Crippen molar-refractivity contribution in [3.8, 4) is 11.5 Å². The van der Waals surface area contributed by atoms with E-state index in [9.17, 15) is 5.11 Å². The lowest BCUT2D eigenvalue weighted by atomic mass is 10.1. The molecule has 1 aliphatic heterocycles. The summed E-state index contributed by atoms with van der Waals surface area (Å²) in [5, 5.41) is 9.75. The van der Waals surface area contributed by atoms with Crippen LogP contribution in [0.2, 0.25) is 0 Å². The van der Waals surface area contributed by atoms with Crippen LogP contribution in [0.3, 0.4) is 0 Å². The summed E-state index contributed by atoms with van der Waals surface area (Å²) in [6, 6.07) is 5.48. The lowest BCUT2D eigenvalue weighted by Crippen LogP contribution is -2.28. The molecule has 2 atom stereocenters. The number of methoxy groups -OCH3 is 1. The van der Waals surface area contributed by atoms with Gasteiger partial charge in [0.25, 0.3) is 0 Å². The summed E-state index contributed by atoms with van der Waals surface area (Å²) >= 11 is 0. The highest BCUT2D eigenvalue weighted by molar-refractivity contribution is 5.42. The molecule has 0 aliphatic carbocycles. The van der Waals surface area contributed by atoms with E-state index in [1.165, 1.54) is 0 Å². The topological polar surface area (TPSA) is 47.9 Å². The fourth-order valence-electron chi connectivity index (χ4n) is 2.07. The monoisotopic (exact) mass is 252 g/mol. The van der Waals surface area contributed by atoms with Crippen LogP contribution in [0.15, 0.2) is 18.2 Å². The Bertz CT molecular complexity index is 383. The van der Waals surface area contributed by atoms with Crippen molar-refractivity contribution in [2.45, 2.75) is 32.0 Å². The molecule has 100 valence electrons. The molecule has 4 nitrogen and oxygen atoms in total. The van der Waals surface area contributed by atoms with Gasteiger partial charge in [-0.1, -0.05) is 0 Å². The molecule has 1 aliphatic rings. The van der Waals surface area contributed by atoms with E-state index in [-0.39, 0.29) is 6.10 Å².